The lowest BCUT2D eigenvalue weighted by Crippen LogP contribution is -2.41. The molecule has 0 bridgehead atoms. The van der Waals surface area contributed by atoms with E-state index in [0.29, 0.717) is 11.3 Å². The summed E-state index contributed by atoms with van der Waals surface area (Å²) in [6.45, 7) is 0.706. The van der Waals surface area contributed by atoms with E-state index in [-0.39, 0.29) is 11.4 Å². The van der Waals surface area contributed by atoms with E-state index in [1.165, 1.54) is 62.4 Å². The van der Waals surface area contributed by atoms with E-state index in [0.717, 1.165) is 0 Å². The molecule has 1 atom stereocenters. The smallest absolute Gasteiger partial charge is 0.324 e. The molecule has 0 aromatic heterocycles. The van der Waals surface area contributed by atoms with Crippen LogP contribution in [-0.4, -0.2) is 52.0 Å². The number of carbonyl (C=O) groups is 2. The third-order valence-electron chi connectivity index (χ3n) is 4.18. The number of amides is 1. The largest absolute Gasteiger partial charge is 0.497 e. The summed E-state index contributed by atoms with van der Waals surface area (Å²) in [5, 5.41) is 0. The lowest BCUT2D eigenvalue weighted by Gasteiger charge is -2.19. The summed E-state index contributed by atoms with van der Waals surface area (Å²) in [4.78, 5) is 25.4. The molecule has 0 saturated carbocycles. The predicted molar refractivity (Wildman–Crippen MR) is 107 cm³/mol. The Morgan fingerprint density at radius 3 is 2.37 bits per heavy atom. The molecule has 0 aliphatic carbocycles. The summed E-state index contributed by atoms with van der Waals surface area (Å²) in [7, 11) is -1.08. The van der Waals surface area contributed by atoms with Crippen molar-refractivity contribution in [2.45, 2.75) is 24.4 Å². The molecule has 1 amide bonds. The van der Waals surface area contributed by atoms with Crippen molar-refractivity contribution in [1.82, 2.24) is 9.62 Å². The van der Waals surface area contributed by atoms with E-state index in [1.54, 1.807) is 12.1 Å². The third kappa shape index (κ3) is 6.26. The standard InChI is InChI=1S/C20H23FN2O6S/c1-14(22-30(26,27)17-10-8-16(28-3)9-11-17)20(25)29-13-19(24)23(2)12-15-6-4-5-7-18(15)21/h4-11,14,22H,12-13H2,1-3H3/t14-/m0/s1. The lowest BCUT2D eigenvalue weighted by atomic mass is 10.2. The van der Waals surface area contributed by atoms with Crippen LogP contribution in [0.25, 0.3) is 0 Å². The monoisotopic (exact) mass is 438 g/mol. The Morgan fingerprint density at radius 2 is 1.77 bits per heavy atom. The predicted octanol–water partition coefficient (Wildman–Crippen LogP) is 1.70. The van der Waals surface area contributed by atoms with Crippen molar-refractivity contribution < 1.29 is 31.9 Å². The molecule has 0 fully saturated rings. The van der Waals surface area contributed by atoms with Gasteiger partial charge in [0.1, 0.15) is 17.6 Å². The van der Waals surface area contributed by atoms with Gasteiger partial charge in [0, 0.05) is 19.2 Å². The van der Waals surface area contributed by atoms with Crippen LogP contribution in [0.1, 0.15) is 12.5 Å². The maximum atomic E-state index is 13.7. The number of benzene rings is 2. The van der Waals surface area contributed by atoms with Gasteiger partial charge in [-0.1, -0.05) is 18.2 Å². The van der Waals surface area contributed by atoms with Gasteiger partial charge in [0.05, 0.1) is 12.0 Å². The number of carbonyl (C=O) groups excluding carboxylic acids is 2. The highest BCUT2D eigenvalue weighted by Crippen LogP contribution is 2.16. The first-order valence-corrected chi connectivity index (χ1v) is 10.4. The zero-order chi connectivity index (χ0) is 22.3. The molecular formula is C20H23FN2O6S. The van der Waals surface area contributed by atoms with Crippen LogP contribution < -0.4 is 9.46 Å². The minimum absolute atomic E-state index is 0.00269. The van der Waals surface area contributed by atoms with Gasteiger partial charge in [-0.2, -0.15) is 4.72 Å². The van der Waals surface area contributed by atoms with Gasteiger partial charge in [0.25, 0.3) is 5.91 Å². The maximum absolute atomic E-state index is 13.7. The normalized spacial score (nSPS) is 12.1. The molecule has 0 saturated heterocycles. The van der Waals surface area contributed by atoms with Gasteiger partial charge >= 0.3 is 5.97 Å². The SMILES string of the molecule is COc1ccc(S(=O)(=O)N[C@@H](C)C(=O)OCC(=O)N(C)Cc2ccccc2F)cc1. The first-order valence-electron chi connectivity index (χ1n) is 8.94. The van der Waals surface area contributed by atoms with Crippen molar-refractivity contribution in [1.29, 1.82) is 0 Å². The van der Waals surface area contributed by atoms with E-state index >= 15 is 0 Å². The number of hydrogen-bond acceptors (Lipinski definition) is 6. The number of rotatable bonds is 9. The highest BCUT2D eigenvalue weighted by atomic mass is 32.2. The van der Waals surface area contributed by atoms with Crippen LogP contribution >= 0.6 is 0 Å². The van der Waals surface area contributed by atoms with Crippen LogP contribution in [-0.2, 0) is 30.9 Å². The Hall–Kier alpha value is -2.98. The Kier molecular flexibility index (Phi) is 7.90. The van der Waals surface area contributed by atoms with Gasteiger partial charge < -0.3 is 14.4 Å². The van der Waals surface area contributed by atoms with Gasteiger partial charge in [-0.05, 0) is 37.3 Å². The fourth-order valence-electron chi connectivity index (χ4n) is 2.44. The molecule has 1 N–H and O–H groups in total. The number of ether oxygens (including phenoxy) is 2. The van der Waals surface area contributed by atoms with Gasteiger partial charge in [-0.25, -0.2) is 12.8 Å². The molecule has 30 heavy (non-hydrogen) atoms. The van der Waals surface area contributed by atoms with Gasteiger partial charge in [0.2, 0.25) is 10.0 Å². The van der Waals surface area contributed by atoms with Crippen molar-refractivity contribution in [2.75, 3.05) is 20.8 Å². The molecule has 2 rings (SSSR count). The highest BCUT2D eigenvalue weighted by Gasteiger charge is 2.24. The minimum Gasteiger partial charge on any atom is -0.497 e. The summed E-state index contributed by atoms with van der Waals surface area (Å²) < 4.78 is 50.5. The number of nitrogens with zero attached hydrogens (tertiary/aromatic N) is 1. The van der Waals surface area contributed by atoms with E-state index in [2.05, 4.69) is 4.72 Å². The molecule has 2 aromatic carbocycles. The van der Waals surface area contributed by atoms with Crippen molar-refractivity contribution in [2.24, 2.45) is 0 Å². The Labute approximate surface area is 174 Å². The number of likely N-dealkylation sites (N-methyl/N-ethyl adjacent to an activating group) is 1. The van der Waals surface area contributed by atoms with Crippen LogP contribution in [0, 0.1) is 5.82 Å². The van der Waals surface area contributed by atoms with Crippen molar-refractivity contribution in [3.05, 3.63) is 59.9 Å². The highest BCUT2D eigenvalue weighted by molar-refractivity contribution is 7.89. The Morgan fingerprint density at radius 1 is 1.13 bits per heavy atom. The van der Waals surface area contributed by atoms with E-state index < -0.39 is 40.4 Å². The first kappa shape index (κ1) is 23.3. The first-order chi connectivity index (χ1) is 14.1. The van der Waals surface area contributed by atoms with Gasteiger partial charge in [0.15, 0.2) is 6.61 Å². The molecule has 0 aliphatic rings. The van der Waals surface area contributed by atoms with Crippen molar-refractivity contribution in [3.8, 4) is 5.75 Å². The fraction of sp³-hybridized carbons (Fsp3) is 0.300. The van der Waals surface area contributed by atoms with Crippen molar-refractivity contribution in [3.63, 3.8) is 0 Å². The second kappa shape index (κ2) is 10.2. The Bertz CT molecular complexity index is 995. The summed E-state index contributed by atoms with van der Waals surface area (Å²) in [5.41, 5.74) is 0.320. The van der Waals surface area contributed by atoms with Crippen LogP contribution in [0.15, 0.2) is 53.4 Å². The molecule has 10 heteroatoms. The number of halogens is 1. The molecule has 0 unspecified atom stereocenters. The molecule has 0 spiro atoms. The number of hydrogen-bond donors (Lipinski definition) is 1. The molecule has 8 nitrogen and oxygen atoms in total. The number of nitrogens with one attached hydrogen (secondary N) is 1. The number of methoxy groups -OCH3 is 1. The van der Waals surface area contributed by atoms with Crippen LogP contribution in [0.3, 0.4) is 0 Å². The van der Waals surface area contributed by atoms with Gasteiger partial charge in [-0.15, -0.1) is 0 Å². The minimum atomic E-state index is -3.97. The maximum Gasteiger partial charge on any atom is 0.324 e. The summed E-state index contributed by atoms with van der Waals surface area (Å²) >= 11 is 0. The summed E-state index contributed by atoms with van der Waals surface area (Å²) in [6.07, 6.45) is 0. The second-order valence-electron chi connectivity index (χ2n) is 6.47. The van der Waals surface area contributed by atoms with E-state index in [9.17, 15) is 22.4 Å². The molecule has 0 heterocycles. The lowest BCUT2D eigenvalue weighted by molar-refractivity contribution is -0.152. The van der Waals surface area contributed by atoms with E-state index in [4.69, 9.17) is 9.47 Å². The molecular weight excluding hydrogens is 415 g/mol. The van der Waals surface area contributed by atoms with Gasteiger partial charge in [-0.3, -0.25) is 9.59 Å². The molecule has 2 aromatic rings. The van der Waals surface area contributed by atoms with Crippen molar-refractivity contribution >= 4 is 21.9 Å². The number of esters is 1. The molecule has 162 valence electrons. The number of sulfonamides is 1. The quantitative estimate of drug-likeness (QED) is 0.598. The van der Waals surface area contributed by atoms with Crippen LogP contribution in [0.2, 0.25) is 0 Å². The Balaban J connectivity index is 1.88. The average molecular weight is 438 g/mol. The van der Waals surface area contributed by atoms with Crippen LogP contribution in [0.4, 0.5) is 4.39 Å². The van der Waals surface area contributed by atoms with Crippen LogP contribution in [0.5, 0.6) is 5.75 Å². The third-order valence-corrected chi connectivity index (χ3v) is 5.74. The van der Waals surface area contributed by atoms with E-state index in [1.807, 2.05) is 0 Å². The molecule has 0 aliphatic heterocycles. The molecule has 0 radical (unpaired) electrons. The summed E-state index contributed by atoms with van der Waals surface area (Å²) in [5.74, 6) is -1.44. The second-order valence-corrected chi connectivity index (χ2v) is 8.18. The summed E-state index contributed by atoms with van der Waals surface area (Å²) in [6, 6.07) is 10.4. The topological polar surface area (TPSA) is 102 Å². The zero-order valence-electron chi connectivity index (χ0n) is 16.8. The zero-order valence-corrected chi connectivity index (χ0v) is 17.6. The average Bonchev–Trinajstić information content (AvgIpc) is 2.72. The fourth-order valence-corrected chi connectivity index (χ4v) is 3.63.